The van der Waals surface area contributed by atoms with E-state index < -0.39 is 0 Å². The molecule has 0 radical (unpaired) electrons. The van der Waals surface area contributed by atoms with Crippen LogP contribution in [0.25, 0.3) is 0 Å². The van der Waals surface area contributed by atoms with Crippen LogP contribution in [0.1, 0.15) is 27.2 Å². The molecule has 4 heteroatoms. The smallest absolute Gasteiger partial charge is 0.224 e. The summed E-state index contributed by atoms with van der Waals surface area (Å²) in [5, 5.41) is 2.83. The summed E-state index contributed by atoms with van der Waals surface area (Å²) in [5.41, 5.74) is 1.56. The highest BCUT2D eigenvalue weighted by molar-refractivity contribution is 5.93. The second-order valence-corrected chi connectivity index (χ2v) is 4.77. The quantitative estimate of drug-likeness (QED) is 0.890. The van der Waals surface area contributed by atoms with Gasteiger partial charge in [-0.05, 0) is 30.2 Å². The fourth-order valence-electron chi connectivity index (χ4n) is 1.53. The number of benzene rings is 1. The van der Waals surface area contributed by atoms with Crippen LogP contribution in [0.3, 0.4) is 0 Å². The molecule has 0 aliphatic rings. The molecule has 0 aromatic heterocycles. The Morgan fingerprint density at radius 2 is 1.78 bits per heavy atom. The zero-order valence-electron chi connectivity index (χ0n) is 11.4. The van der Waals surface area contributed by atoms with Gasteiger partial charge in [-0.15, -0.1) is 0 Å². The monoisotopic (exact) mass is 248 g/mol. The van der Waals surface area contributed by atoms with E-state index in [1.165, 1.54) is 6.92 Å². The highest BCUT2D eigenvalue weighted by Crippen LogP contribution is 2.17. The fourth-order valence-corrected chi connectivity index (χ4v) is 1.53. The lowest BCUT2D eigenvalue weighted by molar-refractivity contribution is -0.117. The van der Waals surface area contributed by atoms with Crippen LogP contribution in [0, 0.1) is 5.92 Å². The Morgan fingerprint density at radius 3 is 2.22 bits per heavy atom. The molecule has 0 bridgehead atoms. The van der Waals surface area contributed by atoms with Crippen LogP contribution in [0.4, 0.5) is 11.4 Å². The third-order valence-electron chi connectivity index (χ3n) is 2.60. The van der Waals surface area contributed by atoms with Crippen LogP contribution < -0.4 is 10.2 Å². The van der Waals surface area contributed by atoms with Gasteiger partial charge in [0.15, 0.2) is 0 Å². The van der Waals surface area contributed by atoms with Crippen molar-refractivity contribution in [3.8, 4) is 0 Å². The summed E-state index contributed by atoms with van der Waals surface area (Å²) in [6, 6.07) is 7.22. The molecule has 2 amide bonds. The molecule has 0 aliphatic heterocycles. The van der Waals surface area contributed by atoms with E-state index in [9.17, 15) is 9.59 Å². The average Bonchev–Trinajstić information content (AvgIpc) is 2.27. The van der Waals surface area contributed by atoms with Crippen LogP contribution in [-0.4, -0.2) is 18.9 Å². The molecule has 1 aromatic carbocycles. The molecule has 0 heterocycles. The molecule has 0 fully saturated rings. The van der Waals surface area contributed by atoms with Gasteiger partial charge in [-0.3, -0.25) is 9.59 Å². The minimum Gasteiger partial charge on any atom is -0.326 e. The Balaban J connectivity index is 2.66. The van der Waals surface area contributed by atoms with Crippen LogP contribution in [0.2, 0.25) is 0 Å². The lowest BCUT2D eigenvalue weighted by Gasteiger charge is -2.15. The number of amides is 2. The Kier molecular flexibility index (Phi) is 4.89. The van der Waals surface area contributed by atoms with Crippen LogP contribution in [0.15, 0.2) is 24.3 Å². The van der Waals surface area contributed by atoms with Gasteiger partial charge in [-0.2, -0.15) is 0 Å². The standard InChI is InChI=1S/C14H20N2O2/c1-10(2)9-14(18)15-12-5-7-13(8-6-12)16(4)11(3)17/h5-8,10H,9H2,1-4H3,(H,15,18). The van der Waals surface area contributed by atoms with Crippen molar-refractivity contribution in [3.63, 3.8) is 0 Å². The van der Waals surface area contributed by atoms with E-state index in [4.69, 9.17) is 0 Å². The maximum absolute atomic E-state index is 11.6. The molecule has 4 nitrogen and oxygen atoms in total. The minimum atomic E-state index is -0.0217. The number of carbonyl (C=O) groups is 2. The fraction of sp³-hybridized carbons (Fsp3) is 0.429. The van der Waals surface area contributed by atoms with Crippen molar-refractivity contribution in [1.82, 2.24) is 0 Å². The van der Waals surface area contributed by atoms with E-state index in [1.807, 2.05) is 26.0 Å². The molecule has 1 N–H and O–H groups in total. The SMILES string of the molecule is CC(=O)N(C)c1ccc(NC(=O)CC(C)C)cc1. The summed E-state index contributed by atoms with van der Waals surface area (Å²) in [7, 11) is 1.72. The third-order valence-corrected chi connectivity index (χ3v) is 2.60. The predicted molar refractivity (Wildman–Crippen MR) is 73.6 cm³/mol. The Morgan fingerprint density at radius 1 is 1.22 bits per heavy atom. The number of nitrogens with one attached hydrogen (secondary N) is 1. The number of rotatable bonds is 4. The first-order valence-corrected chi connectivity index (χ1v) is 6.04. The number of hydrogen-bond acceptors (Lipinski definition) is 2. The summed E-state index contributed by atoms with van der Waals surface area (Å²) >= 11 is 0. The second-order valence-electron chi connectivity index (χ2n) is 4.77. The molecule has 0 atom stereocenters. The first-order valence-electron chi connectivity index (χ1n) is 6.04. The van der Waals surface area contributed by atoms with E-state index in [-0.39, 0.29) is 11.8 Å². The van der Waals surface area contributed by atoms with Gasteiger partial charge in [0, 0.05) is 31.8 Å². The molecule has 1 rings (SSSR count). The van der Waals surface area contributed by atoms with Gasteiger partial charge in [-0.25, -0.2) is 0 Å². The Labute approximate surface area is 108 Å². The molecular formula is C14H20N2O2. The van der Waals surface area contributed by atoms with Crippen molar-refractivity contribution < 1.29 is 9.59 Å². The van der Waals surface area contributed by atoms with Crippen LogP contribution in [0.5, 0.6) is 0 Å². The van der Waals surface area contributed by atoms with Gasteiger partial charge in [-0.1, -0.05) is 13.8 Å². The van der Waals surface area contributed by atoms with Crippen molar-refractivity contribution in [1.29, 1.82) is 0 Å². The number of anilines is 2. The predicted octanol–water partition coefficient (Wildman–Crippen LogP) is 2.65. The van der Waals surface area contributed by atoms with Crippen molar-refractivity contribution in [2.75, 3.05) is 17.3 Å². The minimum absolute atomic E-state index is 0.0117. The molecular weight excluding hydrogens is 228 g/mol. The number of nitrogens with zero attached hydrogens (tertiary/aromatic N) is 1. The van der Waals surface area contributed by atoms with Gasteiger partial charge in [0.1, 0.15) is 0 Å². The lowest BCUT2D eigenvalue weighted by Crippen LogP contribution is -2.22. The van der Waals surface area contributed by atoms with Crippen molar-refractivity contribution in [2.45, 2.75) is 27.2 Å². The Hall–Kier alpha value is -1.84. The normalized spacial score (nSPS) is 10.3. The molecule has 18 heavy (non-hydrogen) atoms. The second kappa shape index (κ2) is 6.19. The lowest BCUT2D eigenvalue weighted by atomic mass is 10.1. The van der Waals surface area contributed by atoms with Crippen molar-refractivity contribution >= 4 is 23.2 Å². The highest BCUT2D eigenvalue weighted by Gasteiger charge is 2.07. The zero-order valence-corrected chi connectivity index (χ0v) is 11.4. The van der Waals surface area contributed by atoms with Crippen molar-refractivity contribution in [3.05, 3.63) is 24.3 Å². The van der Waals surface area contributed by atoms with E-state index >= 15 is 0 Å². The average molecular weight is 248 g/mol. The van der Waals surface area contributed by atoms with E-state index in [2.05, 4.69) is 5.32 Å². The van der Waals surface area contributed by atoms with Crippen LogP contribution >= 0.6 is 0 Å². The van der Waals surface area contributed by atoms with Crippen molar-refractivity contribution in [2.24, 2.45) is 5.92 Å². The summed E-state index contributed by atoms with van der Waals surface area (Å²) in [6.45, 7) is 5.52. The molecule has 0 unspecified atom stereocenters. The molecule has 98 valence electrons. The highest BCUT2D eigenvalue weighted by atomic mass is 16.2. The number of hydrogen-bond donors (Lipinski definition) is 1. The van der Waals surface area contributed by atoms with E-state index in [0.29, 0.717) is 12.3 Å². The Bertz CT molecular complexity index is 424. The first-order chi connectivity index (χ1) is 8.40. The van der Waals surface area contributed by atoms with Gasteiger partial charge in [0.2, 0.25) is 11.8 Å². The summed E-state index contributed by atoms with van der Waals surface area (Å²) in [6.07, 6.45) is 0.509. The molecule has 0 saturated heterocycles. The van der Waals surface area contributed by atoms with Gasteiger partial charge < -0.3 is 10.2 Å². The van der Waals surface area contributed by atoms with Gasteiger partial charge in [0.25, 0.3) is 0 Å². The third kappa shape index (κ3) is 4.20. The molecule has 0 saturated carbocycles. The molecule has 0 spiro atoms. The molecule has 1 aromatic rings. The summed E-state index contributed by atoms with van der Waals surface area (Å²) in [5.74, 6) is 0.331. The summed E-state index contributed by atoms with van der Waals surface area (Å²) in [4.78, 5) is 24.3. The van der Waals surface area contributed by atoms with Gasteiger partial charge in [0.05, 0.1) is 0 Å². The van der Waals surface area contributed by atoms with E-state index in [0.717, 1.165) is 11.4 Å². The molecule has 0 aliphatic carbocycles. The summed E-state index contributed by atoms with van der Waals surface area (Å²) < 4.78 is 0. The maximum atomic E-state index is 11.6. The zero-order chi connectivity index (χ0) is 13.7. The van der Waals surface area contributed by atoms with E-state index in [1.54, 1.807) is 24.1 Å². The van der Waals surface area contributed by atoms with Gasteiger partial charge >= 0.3 is 0 Å². The largest absolute Gasteiger partial charge is 0.326 e. The van der Waals surface area contributed by atoms with Crippen LogP contribution in [-0.2, 0) is 9.59 Å². The number of carbonyl (C=O) groups excluding carboxylic acids is 2. The first kappa shape index (κ1) is 14.2. The topological polar surface area (TPSA) is 49.4 Å². The maximum Gasteiger partial charge on any atom is 0.224 e.